The minimum atomic E-state index is -0.366. The summed E-state index contributed by atoms with van der Waals surface area (Å²) in [6.45, 7) is 2.74. The van der Waals surface area contributed by atoms with Crippen molar-refractivity contribution < 1.29 is 18.7 Å². The minimum absolute atomic E-state index is 0.105. The average Bonchev–Trinajstić information content (AvgIpc) is 2.99. The maximum atomic E-state index is 12.6. The van der Waals surface area contributed by atoms with Crippen LogP contribution in [0, 0.1) is 0 Å². The van der Waals surface area contributed by atoms with E-state index in [0.717, 1.165) is 0 Å². The highest BCUT2D eigenvalue weighted by atomic mass is 35.5. The van der Waals surface area contributed by atoms with E-state index in [1.165, 1.54) is 0 Å². The zero-order chi connectivity index (χ0) is 15.7. The molecule has 5 heteroatoms. The molecule has 22 heavy (non-hydrogen) atoms. The molecule has 1 aliphatic rings. The molecule has 2 aromatic rings. The maximum Gasteiger partial charge on any atom is 0.206 e. The van der Waals surface area contributed by atoms with E-state index in [2.05, 4.69) is 0 Å². The molecule has 0 N–H and O–H groups in total. The maximum absolute atomic E-state index is 12.6. The Balaban J connectivity index is 2.03. The fourth-order valence-corrected chi connectivity index (χ4v) is 2.64. The van der Waals surface area contributed by atoms with Crippen molar-refractivity contribution in [2.24, 2.45) is 0 Å². The summed E-state index contributed by atoms with van der Waals surface area (Å²) in [5.74, 6) is 0.188. The lowest BCUT2D eigenvalue weighted by Crippen LogP contribution is -2.18. The van der Waals surface area contributed by atoms with Gasteiger partial charge in [0.1, 0.15) is 23.2 Å². The molecule has 3 rings (SSSR count). The van der Waals surface area contributed by atoms with Crippen LogP contribution in [-0.4, -0.2) is 18.2 Å². The number of rotatable bonds is 4. The summed E-state index contributed by atoms with van der Waals surface area (Å²) in [7, 11) is 0. The average molecular weight is 317 g/mol. The summed E-state index contributed by atoms with van der Waals surface area (Å²) in [5, 5.41) is -0.110. The van der Waals surface area contributed by atoms with E-state index in [-0.39, 0.29) is 27.9 Å². The number of fused-ring (bicyclic) bond motifs is 1. The molecule has 0 aliphatic heterocycles. The SMILES string of the molecule is CCOCc1ccc(C2=C(Cl)C(=O)c3ccccc3C2=O)o1. The predicted octanol–water partition coefficient (Wildman–Crippen LogP) is 3.85. The van der Waals surface area contributed by atoms with Gasteiger partial charge in [0.2, 0.25) is 5.78 Å². The highest BCUT2D eigenvalue weighted by Crippen LogP contribution is 2.34. The number of benzene rings is 1. The monoisotopic (exact) mass is 316 g/mol. The summed E-state index contributed by atoms with van der Waals surface area (Å²) in [6.07, 6.45) is 0. The van der Waals surface area contributed by atoms with Gasteiger partial charge < -0.3 is 9.15 Å². The number of halogens is 1. The van der Waals surface area contributed by atoms with Gasteiger partial charge in [0.25, 0.3) is 0 Å². The number of hydrogen-bond acceptors (Lipinski definition) is 4. The third-order valence-electron chi connectivity index (χ3n) is 3.42. The molecule has 0 saturated heterocycles. The normalized spacial score (nSPS) is 14.5. The van der Waals surface area contributed by atoms with Gasteiger partial charge in [-0.1, -0.05) is 35.9 Å². The molecule has 112 valence electrons. The topological polar surface area (TPSA) is 56.5 Å². The summed E-state index contributed by atoms with van der Waals surface area (Å²) < 4.78 is 10.8. The first kappa shape index (κ1) is 14.8. The van der Waals surface area contributed by atoms with Crippen molar-refractivity contribution in [3.63, 3.8) is 0 Å². The second-order valence-corrected chi connectivity index (χ2v) is 5.17. The first-order chi connectivity index (χ1) is 10.6. The quantitative estimate of drug-likeness (QED) is 0.859. The Labute approximate surface area is 132 Å². The van der Waals surface area contributed by atoms with Crippen molar-refractivity contribution in [2.75, 3.05) is 6.61 Å². The van der Waals surface area contributed by atoms with Crippen LogP contribution in [0.5, 0.6) is 0 Å². The van der Waals surface area contributed by atoms with Gasteiger partial charge in [0.15, 0.2) is 5.78 Å². The molecule has 1 aromatic heterocycles. The molecule has 0 atom stereocenters. The molecule has 0 fully saturated rings. The predicted molar refractivity (Wildman–Crippen MR) is 81.9 cm³/mol. The van der Waals surface area contributed by atoms with E-state index < -0.39 is 0 Å². The fourth-order valence-electron chi connectivity index (χ4n) is 2.36. The number of carbonyl (C=O) groups is 2. The summed E-state index contributed by atoms with van der Waals surface area (Å²) in [4.78, 5) is 24.9. The molecule has 0 radical (unpaired) electrons. The Morgan fingerprint density at radius 3 is 2.41 bits per heavy atom. The van der Waals surface area contributed by atoms with Gasteiger partial charge in [0, 0.05) is 17.7 Å². The molecular weight excluding hydrogens is 304 g/mol. The largest absolute Gasteiger partial charge is 0.458 e. The van der Waals surface area contributed by atoms with Crippen LogP contribution in [0.25, 0.3) is 5.57 Å². The number of carbonyl (C=O) groups excluding carboxylic acids is 2. The van der Waals surface area contributed by atoms with Gasteiger partial charge >= 0.3 is 0 Å². The van der Waals surface area contributed by atoms with Gasteiger partial charge in [-0.15, -0.1) is 0 Å². The van der Waals surface area contributed by atoms with Gasteiger partial charge in [-0.3, -0.25) is 9.59 Å². The fraction of sp³-hybridized carbons (Fsp3) is 0.176. The third-order valence-corrected chi connectivity index (χ3v) is 3.78. The number of furan rings is 1. The molecular formula is C17H13ClO4. The third kappa shape index (κ3) is 2.40. The number of ether oxygens (including phenoxy) is 1. The van der Waals surface area contributed by atoms with E-state index in [4.69, 9.17) is 20.8 Å². The Kier molecular flexibility index (Phi) is 3.96. The number of ketones is 2. The van der Waals surface area contributed by atoms with Crippen molar-refractivity contribution in [1.82, 2.24) is 0 Å². The second kappa shape index (κ2) is 5.91. The molecule has 1 aromatic carbocycles. The molecule has 1 heterocycles. The van der Waals surface area contributed by atoms with E-state index in [9.17, 15) is 9.59 Å². The highest BCUT2D eigenvalue weighted by Gasteiger charge is 2.33. The summed E-state index contributed by atoms with van der Waals surface area (Å²) in [5.41, 5.74) is 0.769. The number of allylic oxidation sites excluding steroid dienone is 2. The molecule has 0 bridgehead atoms. The van der Waals surface area contributed by atoms with Crippen molar-refractivity contribution in [1.29, 1.82) is 0 Å². The Morgan fingerprint density at radius 1 is 1.05 bits per heavy atom. The number of hydrogen-bond donors (Lipinski definition) is 0. The van der Waals surface area contributed by atoms with Crippen molar-refractivity contribution in [2.45, 2.75) is 13.5 Å². The first-order valence-corrected chi connectivity index (χ1v) is 7.26. The Morgan fingerprint density at radius 2 is 1.73 bits per heavy atom. The Bertz CT molecular complexity index is 785. The van der Waals surface area contributed by atoms with Crippen LogP contribution in [0.15, 0.2) is 45.8 Å². The molecule has 0 saturated carbocycles. The van der Waals surface area contributed by atoms with Gasteiger partial charge in [-0.05, 0) is 19.1 Å². The van der Waals surface area contributed by atoms with Crippen molar-refractivity contribution >= 4 is 28.7 Å². The van der Waals surface area contributed by atoms with Crippen LogP contribution in [0.2, 0.25) is 0 Å². The van der Waals surface area contributed by atoms with Gasteiger partial charge in [0.05, 0.1) is 5.57 Å². The van der Waals surface area contributed by atoms with Crippen LogP contribution in [0.3, 0.4) is 0 Å². The lowest BCUT2D eigenvalue weighted by molar-refractivity contribution is 0.0995. The van der Waals surface area contributed by atoms with Crippen LogP contribution in [0.4, 0.5) is 0 Å². The first-order valence-electron chi connectivity index (χ1n) is 6.88. The molecule has 4 nitrogen and oxygen atoms in total. The van der Waals surface area contributed by atoms with E-state index >= 15 is 0 Å². The lowest BCUT2D eigenvalue weighted by Gasteiger charge is -2.16. The lowest BCUT2D eigenvalue weighted by atomic mass is 9.88. The zero-order valence-corrected chi connectivity index (χ0v) is 12.6. The summed E-state index contributed by atoms with van der Waals surface area (Å²) >= 11 is 6.12. The number of Topliss-reactive ketones (excluding diaryl/α,β-unsaturated/α-hetero) is 2. The van der Waals surface area contributed by atoms with Crippen molar-refractivity contribution in [3.05, 3.63) is 64.1 Å². The van der Waals surface area contributed by atoms with Crippen LogP contribution >= 0.6 is 11.6 Å². The molecule has 0 spiro atoms. The smallest absolute Gasteiger partial charge is 0.206 e. The Hall–Kier alpha value is -2.17. The van der Waals surface area contributed by atoms with E-state index in [1.807, 2.05) is 6.92 Å². The van der Waals surface area contributed by atoms with Crippen molar-refractivity contribution in [3.8, 4) is 0 Å². The van der Waals surface area contributed by atoms with Gasteiger partial charge in [-0.25, -0.2) is 0 Å². The second-order valence-electron chi connectivity index (χ2n) is 4.80. The zero-order valence-electron chi connectivity index (χ0n) is 11.9. The minimum Gasteiger partial charge on any atom is -0.458 e. The standard InChI is InChI=1S/C17H13ClO4/c1-2-21-9-10-7-8-13(22-10)14-15(18)17(20)12-6-4-3-5-11(12)16(14)19/h3-8H,2,9H2,1H3. The molecule has 0 unspecified atom stereocenters. The van der Waals surface area contributed by atoms with E-state index in [0.29, 0.717) is 30.1 Å². The van der Waals surface area contributed by atoms with Crippen LogP contribution in [-0.2, 0) is 11.3 Å². The highest BCUT2D eigenvalue weighted by molar-refractivity contribution is 6.56. The summed E-state index contributed by atoms with van der Waals surface area (Å²) in [6, 6.07) is 9.96. The van der Waals surface area contributed by atoms with Gasteiger partial charge in [-0.2, -0.15) is 0 Å². The van der Waals surface area contributed by atoms with E-state index in [1.54, 1.807) is 36.4 Å². The van der Waals surface area contributed by atoms with Crippen LogP contribution < -0.4 is 0 Å². The van der Waals surface area contributed by atoms with Crippen LogP contribution in [0.1, 0.15) is 39.2 Å². The molecule has 0 amide bonds. The molecule has 1 aliphatic carbocycles.